The van der Waals surface area contributed by atoms with Gasteiger partial charge in [0.15, 0.2) is 0 Å². The third-order valence-electron chi connectivity index (χ3n) is 3.61. The number of nitro benzene ring substituents is 1. The Hall–Kier alpha value is -3.27. The van der Waals surface area contributed by atoms with E-state index >= 15 is 0 Å². The van der Waals surface area contributed by atoms with Crippen molar-refractivity contribution in [1.82, 2.24) is 0 Å². The predicted octanol–water partition coefficient (Wildman–Crippen LogP) is 2.81. The van der Waals surface area contributed by atoms with Crippen LogP contribution in [0.15, 0.2) is 84.9 Å². The first kappa shape index (κ1) is 21.0. The summed E-state index contributed by atoms with van der Waals surface area (Å²) >= 11 is 0. The van der Waals surface area contributed by atoms with Crippen molar-refractivity contribution in [2.75, 3.05) is 5.32 Å². The molecule has 0 spiro atoms. The molecule has 0 saturated carbocycles. The molecule has 3 aromatic rings. The number of quaternary nitrogens is 1. The molecule has 28 heavy (non-hydrogen) atoms. The highest BCUT2D eigenvalue weighted by Crippen LogP contribution is 2.25. The van der Waals surface area contributed by atoms with E-state index in [0.29, 0.717) is 5.69 Å². The molecule has 0 aliphatic carbocycles. The van der Waals surface area contributed by atoms with Crippen LogP contribution in [0.5, 0.6) is 0 Å². The molecule has 146 valence electrons. The van der Waals surface area contributed by atoms with E-state index in [9.17, 15) is 23.1 Å². The van der Waals surface area contributed by atoms with Crippen molar-refractivity contribution in [2.45, 2.75) is 5.37 Å². The Labute approximate surface area is 162 Å². The van der Waals surface area contributed by atoms with E-state index < -0.39 is 20.4 Å². The molecule has 9 heteroatoms. The van der Waals surface area contributed by atoms with Crippen LogP contribution in [0.2, 0.25) is 0 Å². The van der Waals surface area contributed by atoms with E-state index in [1.807, 2.05) is 30.3 Å². The molecule has 1 unspecified atom stereocenters. The molecule has 3 aromatic carbocycles. The number of hydrogen-bond donors (Lipinski definition) is 2. The maximum absolute atomic E-state index is 11.4. The fourth-order valence-electron chi connectivity index (χ4n) is 2.26. The van der Waals surface area contributed by atoms with Gasteiger partial charge in [0.05, 0.1) is 4.92 Å². The monoisotopic (exact) mass is 401 g/mol. The first-order chi connectivity index (χ1) is 13.3. The Morgan fingerprint density at radius 3 is 1.75 bits per heavy atom. The number of benzene rings is 3. The molecule has 0 saturated heterocycles. The second-order valence-corrected chi connectivity index (χ2v) is 7.17. The van der Waals surface area contributed by atoms with Crippen molar-refractivity contribution < 1.29 is 23.6 Å². The van der Waals surface area contributed by atoms with Crippen molar-refractivity contribution in [3.63, 3.8) is 0 Å². The predicted molar refractivity (Wildman–Crippen MR) is 105 cm³/mol. The molecule has 1 atom stereocenters. The average molecular weight is 401 g/mol. The third kappa shape index (κ3) is 6.47. The number of anilines is 1. The highest BCUT2D eigenvalue weighted by atomic mass is 32.2. The summed E-state index contributed by atoms with van der Waals surface area (Å²) in [6.45, 7) is 0. The van der Waals surface area contributed by atoms with Crippen molar-refractivity contribution in [1.29, 1.82) is 0 Å². The number of nitro groups is 1. The topological polar surface area (TPSA) is 140 Å². The summed E-state index contributed by atoms with van der Waals surface area (Å²) < 4.78 is 34.2. The van der Waals surface area contributed by atoms with E-state index in [-0.39, 0.29) is 11.3 Å². The summed E-state index contributed by atoms with van der Waals surface area (Å²) in [6, 6.07) is 23.0. The van der Waals surface area contributed by atoms with Gasteiger partial charge in [-0.2, -0.15) is 0 Å². The number of rotatable bonds is 5. The van der Waals surface area contributed by atoms with Crippen LogP contribution >= 0.6 is 0 Å². The molecule has 4 N–H and O–H groups in total. The standard InChI is InChI=1S/C13H12N2O5S.C6H7N/c16-15(17)12-8-6-10(7-9-12)13(21(18,19)20)14-11-4-2-1-3-5-11;7-6-4-2-1-3-5-6/h1-9,13-14H,(H,18,19,20);1-5H,7H2. The fourth-order valence-corrected chi connectivity index (χ4v) is 3.03. The number of non-ortho nitro benzene ring substituents is 1. The summed E-state index contributed by atoms with van der Waals surface area (Å²) in [5.41, 5.74) is 5.21. The molecule has 8 nitrogen and oxygen atoms in total. The second kappa shape index (κ2) is 9.60. The third-order valence-corrected chi connectivity index (χ3v) is 4.58. The molecular formula is C19H19N3O5S. The average Bonchev–Trinajstić information content (AvgIpc) is 2.67. The lowest BCUT2D eigenvalue weighted by molar-refractivity contribution is -0.384. The van der Waals surface area contributed by atoms with Crippen LogP contribution in [0.3, 0.4) is 0 Å². The SMILES string of the molecule is O=[N+]([O-])c1ccc(C(Nc2ccccc2)S(=O)(=O)[O-])cc1.[NH3+]c1ccccc1. The lowest BCUT2D eigenvalue weighted by atomic mass is 10.2. The highest BCUT2D eigenvalue weighted by Gasteiger charge is 2.19. The molecule has 0 fully saturated rings. The van der Waals surface area contributed by atoms with Crippen LogP contribution in [0.1, 0.15) is 10.9 Å². The molecule has 0 aliphatic heterocycles. The van der Waals surface area contributed by atoms with Gasteiger partial charge in [0.1, 0.15) is 21.2 Å². The first-order valence-electron chi connectivity index (χ1n) is 8.15. The van der Waals surface area contributed by atoms with Gasteiger partial charge in [0.2, 0.25) is 0 Å². The van der Waals surface area contributed by atoms with Crippen LogP contribution in [0.25, 0.3) is 0 Å². The van der Waals surface area contributed by atoms with Crippen molar-refractivity contribution >= 4 is 27.2 Å². The van der Waals surface area contributed by atoms with Gasteiger partial charge < -0.3 is 15.6 Å². The summed E-state index contributed by atoms with van der Waals surface area (Å²) in [4.78, 5) is 9.98. The Kier molecular flexibility index (Phi) is 7.21. The molecule has 0 aliphatic rings. The number of nitrogens with one attached hydrogen (secondary N) is 1. The van der Waals surface area contributed by atoms with Crippen molar-refractivity contribution in [3.8, 4) is 0 Å². The fraction of sp³-hybridized carbons (Fsp3) is 0.0526. The van der Waals surface area contributed by atoms with Gasteiger partial charge in [-0.05, 0) is 42.0 Å². The number of nitrogens with zero attached hydrogens (tertiary/aromatic N) is 1. The zero-order valence-corrected chi connectivity index (χ0v) is 15.6. The minimum Gasteiger partial charge on any atom is -0.746 e. The van der Waals surface area contributed by atoms with E-state index in [1.165, 1.54) is 12.1 Å². The quantitative estimate of drug-likeness (QED) is 0.383. The molecule has 0 amide bonds. The zero-order valence-electron chi connectivity index (χ0n) is 14.8. The van der Waals surface area contributed by atoms with E-state index in [1.54, 1.807) is 30.3 Å². The Morgan fingerprint density at radius 1 is 0.857 bits per heavy atom. The van der Waals surface area contributed by atoms with Crippen molar-refractivity contribution in [3.05, 3.63) is 101 Å². The van der Waals surface area contributed by atoms with Gasteiger partial charge >= 0.3 is 0 Å². The van der Waals surface area contributed by atoms with Crippen LogP contribution in [0.4, 0.5) is 17.1 Å². The highest BCUT2D eigenvalue weighted by molar-refractivity contribution is 7.86. The van der Waals surface area contributed by atoms with Gasteiger partial charge in [0.25, 0.3) is 5.69 Å². The van der Waals surface area contributed by atoms with Gasteiger partial charge in [-0.1, -0.05) is 36.4 Å². The zero-order chi connectivity index (χ0) is 20.6. The molecular weight excluding hydrogens is 382 g/mol. The smallest absolute Gasteiger partial charge is 0.269 e. The van der Waals surface area contributed by atoms with Crippen LogP contribution < -0.4 is 11.1 Å². The summed E-state index contributed by atoms with van der Waals surface area (Å²) in [5, 5.41) is 11.7. The van der Waals surface area contributed by atoms with E-state index in [2.05, 4.69) is 11.1 Å². The van der Waals surface area contributed by atoms with Crippen LogP contribution in [0, 0.1) is 10.1 Å². The summed E-state index contributed by atoms with van der Waals surface area (Å²) in [5.74, 6) is 0. The number of para-hydroxylation sites is 1. The van der Waals surface area contributed by atoms with Gasteiger partial charge in [-0.15, -0.1) is 0 Å². The minimum atomic E-state index is -4.68. The second-order valence-electron chi connectivity index (χ2n) is 5.72. The van der Waals surface area contributed by atoms with Gasteiger partial charge in [0, 0.05) is 17.8 Å². The molecule has 0 heterocycles. The Bertz CT molecular complexity index is 995. The van der Waals surface area contributed by atoms with Gasteiger partial charge in [-0.25, -0.2) is 8.42 Å². The van der Waals surface area contributed by atoms with E-state index in [4.69, 9.17) is 0 Å². The molecule has 0 bridgehead atoms. The van der Waals surface area contributed by atoms with Crippen LogP contribution in [-0.2, 0) is 10.1 Å². The molecule has 0 aromatic heterocycles. The summed E-state index contributed by atoms with van der Waals surface area (Å²) in [6.07, 6.45) is 0. The maximum atomic E-state index is 11.4. The maximum Gasteiger partial charge on any atom is 0.269 e. The summed E-state index contributed by atoms with van der Waals surface area (Å²) in [7, 11) is -4.68. The normalized spacial score (nSPS) is 11.6. The van der Waals surface area contributed by atoms with Crippen molar-refractivity contribution in [2.24, 2.45) is 0 Å². The Balaban J connectivity index is 0.000000336. The lowest BCUT2D eigenvalue weighted by Gasteiger charge is -2.23. The Morgan fingerprint density at radius 2 is 1.36 bits per heavy atom. The largest absolute Gasteiger partial charge is 0.746 e. The molecule has 0 radical (unpaired) electrons. The molecule has 3 rings (SSSR count). The lowest BCUT2D eigenvalue weighted by Crippen LogP contribution is -2.39. The van der Waals surface area contributed by atoms with Gasteiger partial charge in [-0.3, -0.25) is 10.1 Å². The van der Waals surface area contributed by atoms with E-state index in [0.717, 1.165) is 17.8 Å². The number of hydrogen-bond acceptors (Lipinski definition) is 6. The van der Waals surface area contributed by atoms with Crippen LogP contribution in [-0.4, -0.2) is 17.9 Å². The first-order valence-corrected chi connectivity index (χ1v) is 9.62. The minimum absolute atomic E-state index is 0.138.